The van der Waals surface area contributed by atoms with Gasteiger partial charge in [-0.25, -0.2) is 0 Å². The molecule has 5 heteroatoms. The molecular weight excluding hydrogens is 366 g/mol. The Kier molecular flexibility index (Phi) is 4.66. The number of carbonyl (C=O) groups excluding carboxylic acids is 1. The fourth-order valence-electron chi connectivity index (χ4n) is 2.14. The van der Waals surface area contributed by atoms with E-state index in [0.29, 0.717) is 6.04 Å². The smallest absolute Gasteiger partial charge is 0.264 e. The molecular formula is C12H15Br2NOS. The molecule has 0 aliphatic carbocycles. The van der Waals surface area contributed by atoms with E-state index in [1.807, 2.05) is 17.9 Å². The second-order valence-corrected chi connectivity index (χ2v) is 7.39. The first kappa shape index (κ1) is 13.6. The third-order valence-electron chi connectivity index (χ3n) is 3.13. The summed E-state index contributed by atoms with van der Waals surface area (Å²) >= 11 is 8.53. The number of carbonyl (C=O) groups is 1. The van der Waals surface area contributed by atoms with Crippen LogP contribution in [0.3, 0.4) is 0 Å². The number of hydrogen-bond acceptors (Lipinski definition) is 2. The lowest BCUT2D eigenvalue weighted by molar-refractivity contribution is 0.0647. The fraction of sp³-hybridized carbons (Fsp3) is 0.583. The molecule has 1 aromatic heterocycles. The second-order valence-electron chi connectivity index (χ2n) is 4.37. The van der Waals surface area contributed by atoms with Gasteiger partial charge in [-0.1, -0.05) is 15.9 Å². The molecule has 1 aromatic rings. The lowest BCUT2D eigenvalue weighted by Gasteiger charge is -2.34. The van der Waals surface area contributed by atoms with Crippen LogP contribution in [0.4, 0.5) is 0 Å². The molecule has 1 aliphatic rings. The first-order chi connectivity index (χ1) is 8.13. The standard InChI is InChI=1S/C12H15Br2NOS/c1-8-6-10(17-11(8)14)12(16)15-5-3-2-4-9(15)7-13/h6,9H,2-5,7H2,1H3. The van der Waals surface area contributed by atoms with Gasteiger partial charge in [0.05, 0.1) is 8.66 Å². The number of piperidine rings is 1. The Morgan fingerprint density at radius 2 is 2.35 bits per heavy atom. The molecule has 2 heterocycles. The van der Waals surface area contributed by atoms with Crippen molar-refractivity contribution in [2.24, 2.45) is 0 Å². The van der Waals surface area contributed by atoms with Crippen molar-refractivity contribution in [2.75, 3.05) is 11.9 Å². The number of nitrogens with zero attached hydrogens (tertiary/aromatic N) is 1. The van der Waals surface area contributed by atoms with Gasteiger partial charge in [-0.15, -0.1) is 11.3 Å². The van der Waals surface area contributed by atoms with E-state index in [-0.39, 0.29) is 5.91 Å². The topological polar surface area (TPSA) is 20.3 Å². The van der Waals surface area contributed by atoms with Gasteiger partial charge in [0.1, 0.15) is 0 Å². The summed E-state index contributed by atoms with van der Waals surface area (Å²) in [5.74, 6) is 0.188. The molecule has 1 amide bonds. The second kappa shape index (κ2) is 5.85. The first-order valence-corrected chi connectivity index (χ1v) is 8.49. The SMILES string of the molecule is Cc1cc(C(=O)N2CCCCC2CBr)sc1Br. The first-order valence-electron chi connectivity index (χ1n) is 5.76. The van der Waals surface area contributed by atoms with E-state index in [4.69, 9.17) is 0 Å². The van der Waals surface area contributed by atoms with Gasteiger partial charge in [0.15, 0.2) is 0 Å². The molecule has 1 fully saturated rings. The van der Waals surface area contributed by atoms with Crippen LogP contribution in [-0.4, -0.2) is 28.7 Å². The molecule has 1 aliphatic heterocycles. The Morgan fingerprint density at radius 1 is 1.59 bits per heavy atom. The van der Waals surface area contributed by atoms with Gasteiger partial charge in [-0.3, -0.25) is 4.79 Å². The normalized spacial score (nSPS) is 20.6. The molecule has 2 nitrogen and oxygen atoms in total. The zero-order chi connectivity index (χ0) is 12.4. The van der Waals surface area contributed by atoms with Crippen LogP contribution in [0.2, 0.25) is 0 Å². The monoisotopic (exact) mass is 379 g/mol. The van der Waals surface area contributed by atoms with E-state index in [1.165, 1.54) is 17.8 Å². The molecule has 17 heavy (non-hydrogen) atoms. The zero-order valence-corrected chi connectivity index (χ0v) is 13.7. The van der Waals surface area contributed by atoms with E-state index in [1.54, 1.807) is 0 Å². The molecule has 0 N–H and O–H groups in total. The summed E-state index contributed by atoms with van der Waals surface area (Å²) < 4.78 is 1.06. The molecule has 0 bridgehead atoms. The van der Waals surface area contributed by atoms with Gasteiger partial charge < -0.3 is 4.90 Å². The molecule has 2 rings (SSSR count). The van der Waals surface area contributed by atoms with Crippen molar-refractivity contribution < 1.29 is 4.79 Å². The molecule has 94 valence electrons. The van der Waals surface area contributed by atoms with Gasteiger partial charge in [0, 0.05) is 17.9 Å². The van der Waals surface area contributed by atoms with Crippen LogP contribution in [-0.2, 0) is 0 Å². The van der Waals surface area contributed by atoms with Crippen LogP contribution in [0.5, 0.6) is 0 Å². The number of thiophene rings is 1. The highest BCUT2D eigenvalue weighted by molar-refractivity contribution is 9.11. The maximum atomic E-state index is 12.4. The van der Waals surface area contributed by atoms with Crippen molar-refractivity contribution in [1.82, 2.24) is 4.90 Å². The molecule has 1 unspecified atom stereocenters. The number of aryl methyl sites for hydroxylation is 1. The van der Waals surface area contributed by atoms with E-state index in [0.717, 1.165) is 38.9 Å². The third-order valence-corrected chi connectivity index (χ3v) is 6.01. The van der Waals surface area contributed by atoms with Crippen molar-refractivity contribution in [3.63, 3.8) is 0 Å². The highest BCUT2D eigenvalue weighted by Gasteiger charge is 2.27. The molecule has 0 saturated carbocycles. The fourth-order valence-corrected chi connectivity index (χ4v) is 4.30. The van der Waals surface area contributed by atoms with Crippen LogP contribution in [0, 0.1) is 6.92 Å². The predicted molar refractivity (Wildman–Crippen MR) is 79.2 cm³/mol. The lowest BCUT2D eigenvalue weighted by Crippen LogP contribution is -2.44. The minimum absolute atomic E-state index is 0.188. The van der Waals surface area contributed by atoms with E-state index in [9.17, 15) is 4.79 Å². The maximum Gasteiger partial charge on any atom is 0.264 e. The van der Waals surface area contributed by atoms with Crippen LogP contribution < -0.4 is 0 Å². The number of hydrogen-bond donors (Lipinski definition) is 0. The van der Waals surface area contributed by atoms with E-state index in [2.05, 4.69) is 31.9 Å². The quantitative estimate of drug-likeness (QED) is 0.703. The van der Waals surface area contributed by atoms with Crippen LogP contribution in [0.15, 0.2) is 9.85 Å². The summed E-state index contributed by atoms with van der Waals surface area (Å²) in [6.45, 7) is 2.92. The van der Waals surface area contributed by atoms with E-state index < -0.39 is 0 Å². The van der Waals surface area contributed by atoms with Crippen molar-refractivity contribution in [3.8, 4) is 0 Å². The number of rotatable bonds is 2. The highest BCUT2D eigenvalue weighted by atomic mass is 79.9. The van der Waals surface area contributed by atoms with Gasteiger partial charge in [0.2, 0.25) is 0 Å². The third kappa shape index (κ3) is 2.93. The molecule has 0 radical (unpaired) electrons. The van der Waals surface area contributed by atoms with Crippen LogP contribution in [0.1, 0.15) is 34.5 Å². The molecule has 0 spiro atoms. The number of amides is 1. The van der Waals surface area contributed by atoms with Crippen molar-refractivity contribution in [2.45, 2.75) is 32.2 Å². The summed E-state index contributed by atoms with van der Waals surface area (Å²) in [6, 6.07) is 2.34. The molecule has 0 aromatic carbocycles. The van der Waals surface area contributed by atoms with Crippen LogP contribution in [0.25, 0.3) is 0 Å². The Morgan fingerprint density at radius 3 is 2.94 bits per heavy atom. The highest BCUT2D eigenvalue weighted by Crippen LogP contribution is 2.30. The summed E-state index contributed by atoms with van der Waals surface area (Å²) in [5, 5.41) is 0.879. The van der Waals surface area contributed by atoms with Crippen molar-refractivity contribution >= 4 is 49.1 Å². The predicted octanol–water partition coefficient (Wildman–Crippen LogP) is 4.21. The molecule has 1 saturated heterocycles. The number of likely N-dealkylation sites (tertiary alicyclic amines) is 1. The summed E-state index contributed by atoms with van der Waals surface area (Å²) in [6.07, 6.45) is 3.47. The van der Waals surface area contributed by atoms with Crippen molar-refractivity contribution in [1.29, 1.82) is 0 Å². The Labute approximate surface area is 123 Å². The summed E-state index contributed by atoms with van der Waals surface area (Å²) in [7, 11) is 0. The minimum Gasteiger partial charge on any atom is -0.334 e. The average Bonchev–Trinajstić information content (AvgIpc) is 2.68. The largest absolute Gasteiger partial charge is 0.334 e. The van der Waals surface area contributed by atoms with Gasteiger partial charge in [-0.2, -0.15) is 0 Å². The average molecular weight is 381 g/mol. The minimum atomic E-state index is 0.188. The number of alkyl halides is 1. The Balaban J connectivity index is 2.18. The zero-order valence-electron chi connectivity index (χ0n) is 9.71. The summed E-state index contributed by atoms with van der Waals surface area (Å²) in [5.41, 5.74) is 1.14. The summed E-state index contributed by atoms with van der Waals surface area (Å²) in [4.78, 5) is 15.3. The van der Waals surface area contributed by atoms with Gasteiger partial charge in [-0.05, 0) is 53.7 Å². The maximum absolute atomic E-state index is 12.4. The molecule has 1 atom stereocenters. The number of halogens is 2. The Bertz CT molecular complexity index is 399. The van der Waals surface area contributed by atoms with Crippen molar-refractivity contribution in [3.05, 3.63) is 20.3 Å². The van der Waals surface area contributed by atoms with Gasteiger partial charge >= 0.3 is 0 Å². The van der Waals surface area contributed by atoms with Crippen LogP contribution >= 0.6 is 43.2 Å². The van der Waals surface area contributed by atoms with E-state index >= 15 is 0 Å². The lowest BCUT2D eigenvalue weighted by atomic mass is 10.0. The Hall–Kier alpha value is 0.130. The van der Waals surface area contributed by atoms with Gasteiger partial charge in [0.25, 0.3) is 5.91 Å².